The van der Waals surface area contributed by atoms with Crippen LogP contribution in [0.1, 0.15) is 47.0 Å². The van der Waals surface area contributed by atoms with Crippen molar-refractivity contribution in [3.05, 3.63) is 23.8 Å². The normalized spacial score (nSPS) is 17.1. The minimum atomic E-state index is -0.278. The maximum absolute atomic E-state index is 12.2. The molecular formula is C20H34NO4+. The quantitative estimate of drug-likeness (QED) is 0.423. The molecular weight excluding hydrogens is 318 g/mol. The first-order valence-corrected chi connectivity index (χ1v) is 9.50. The van der Waals surface area contributed by atoms with E-state index in [1.807, 2.05) is 12.2 Å². The van der Waals surface area contributed by atoms with Crippen molar-refractivity contribution in [2.45, 2.75) is 47.0 Å². The lowest BCUT2D eigenvalue weighted by molar-refractivity contribution is -0.926. The molecule has 0 spiro atoms. The van der Waals surface area contributed by atoms with Gasteiger partial charge in [0.1, 0.15) is 13.2 Å². The van der Waals surface area contributed by atoms with Crippen LogP contribution in [0.4, 0.5) is 0 Å². The third-order valence-electron chi connectivity index (χ3n) is 4.79. The number of ether oxygens (including phenoxy) is 2. The molecule has 5 nitrogen and oxygen atoms in total. The first-order chi connectivity index (χ1) is 12.0. The molecule has 0 radical (unpaired) electrons. The average Bonchev–Trinajstić information content (AvgIpc) is 2.60. The van der Waals surface area contributed by atoms with E-state index in [1.54, 1.807) is 6.08 Å². The summed E-state index contributed by atoms with van der Waals surface area (Å²) < 4.78 is 11.5. The lowest BCUT2D eigenvalue weighted by Gasteiger charge is -2.37. The fraction of sp³-hybridized carbons (Fsp3) is 0.700. The Labute approximate surface area is 152 Å². The topological polar surface area (TPSA) is 52.6 Å². The molecule has 25 heavy (non-hydrogen) atoms. The Morgan fingerprint density at radius 2 is 1.80 bits per heavy atom. The first-order valence-electron chi connectivity index (χ1n) is 9.50. The van der Waals surface area contributed by atoms with E-state index < -0.39 is 0 Å². The van der Waals surface area contributed by atoms with Crippen molar-refractivity contribution in [3.63, 3.8) is 0 Å². The van der Waals surface area contributed by atoms with Crippen LogP contribution in [-0.2, 0) is 19.1 Å². The highest BCUT2D eigenvalue weighted by molar-refractivity contribution is 5.91. The molecule has 0 heterocycles. The average molecular weight is 352 g/mol. The van der Waals surface area contributed by atoms with Gasteiger partial charge in [0.15, 0.2) is 0 Å². The maximum Gasteiger partial charge on any atom is 0.337 e. The Hall–Kier alpha value is -1.62. The molecule has 0 aromatic heterocycles. The van der Waals surface area contributed by atoms with Crippen molar-refractivity contribution < 1.29 is 23.5 Å². The minimum Gasteiger partial charge on any atom is -0.465 e. The van der Waals surface area contributed by atoms with Gasteiger partial charge in [0.2, 0.25) is 0 Å². The molecule has 1 aliphatic rings. The van der Waals surface area contributed by atoms with Gasteiger partial charge in [-0.2, -0.15) is 0 Å². The van der Waals surface area contributed by atoms with Crippen LogP contribution in [0.3, 0.4) is 0 Å². The summed E-state index contributed by atoms with van der Waals surface area (Å²) in [6.45, 7) is 13.0. The monoisotopic (exact) mass is 352 g/mol. The highest BCUT2D eigenvalue weighted by atomic mass is 16.5. The second kappa shape index (κ2) is 11.1. The Morgan fingerprint density at radius 1 is 1.12 bits per heavy atom. The number of nitrogens with zero attached hydrogens (tertiary/aromatic N) is 1. The van der Waals surface area contributed by atoms with Crippen molar-refractivity contribution in [3.8, 4) is 0 Å². The van der Waals surface area contributed by atoms with E-state index in [2.05, 4.69) is 20.8 Å². The summed E-state index contributed by atoms with van der Waals surface area (Å²) >= 11 is 0. The van der Waals surface area contributed by atoms with Crippen LogP contribution in [-0.4, -0.2) is 55.8 Å². The minimum absolute atomic E-state index is 0.138. The summed E-state index contributed by atoms with van der Waals surface area (Å²) in [4.78, 5) is 23.1. The third-order valence-corrected chi connectivity index (χ3v) is 4.79. The summed E-state index contributed by atoms with van der Waals surface area (Å²) in [5.74, 6) is -0.400. The smallest absolute Gasteiger partial charge is 0.337 e. The molecule has 0 amide bonds. The van der Waals surface area contributed by atoms with Gasteiger partial charge in [-0.15, -0.1) is 0 Å². The summed E-state index contributed by atoms with van der Waals surface area (Å²) in [6, 6.07) is 0. The predicted octanol–water partition coefficient (Wildman–Crippen LogP) is 3.25. The van der Waals surface area contributed by atoms with Crippen molar-refractivity contribution in [1.82, 2.24) is 0 Å². The third kappa shape index (κ3) is 7.43. The summed E-state index contributed by atoms with van der Waals surface area (Å²) in [5.41, 5.74) is 0.597. The summed E-state index contributed by atoms with van der Waals surface area (Å²) in [5, 5.41) is 0. The first kappa shape index (κ1) is 21.4. The van der Waals surface area contributed by atoms with Gasteiger partial charge in [-0.25, -0.2) is 4.79 Å². The highest BCUT2D eigenvalue weighted by Gasteiger charge is 2.24. The number of esters is 2. The maximum atomic E-state index is 12.2. The zero-order chi connectivity index (χ0) is 18.7. The van der Waals surface area contributed by atoms with Gasteiger partial charge in [-0.3, -0.25) is 4.79 Å². The Bertz CT molecular complexity index is 490. The molecule has 5 heteroatoms. The molecule has 0 aromatic carbocycles. The number of hydrogen-bond acceptors (Lipinski definition) is 4. The zero-order valence-electron chi connectivity index (χ0n) is 16.3. The van der Waals surface area contributed by atoms with Crippen LogP contribution in [0.15, 0.2) is 23.8 Å². The van der Waals surface area contributed by atoms with Gasteiger partial charge in [0.05, 0.1) is 31.8 Å². The molecule has 1 rings (SSSR count). The number of carbonyl (C=O) groups is 2. The van der Waals surface area contributed by atoms with Crippen molar-refractivity contribution >= 4 is 11.9 Å². The van der Waals surface area contributed by atoms with E-state index in [0.717, 1.165) is 43.5 Å². The van der Waals surface area contributed by atoms with Gasteiger partial charge in [0.25, 0.3) is 0 Å². The number of likely N-dealkylation sites (N-methyl/N-ethyl adjacent to an activating group) is 1. The van der Waals surface area contributed by atoms with Crippen LogP contribution in [0.2, 0.25) is 0 Å². The Kier molecular flexibility index (Phi) is 9.50. The Morgan fingerprint density at radius 3 is 2.28 bits per heavy atom. The summed E-state index contributed by atoms with van der Waals surface area (Å²) in [7, 11) is 0. The fourth-order valence-corrected chi connectivity index (χ4v) is 3.34. The summed E-state index contributed by atoms with van der Waals surface area (Å²) in [6.07, 6.45) is 8.53. The van der Waals surface area contributed by atoms with E-state index in [9.17, 15) is 9.59 Å². The molecule has 142 valence electrons. The van der Waals surface area contributed by atoms with Gasteiger partial charge < -0.3 is 14.0 Å². The molecule has 1 atom stereocenters. The number of allylic oxidation sites excluding steroid dienone is 1. The highest BCUT2D eigenvalue weighted by Crippen LogP contribution is 2.18. The van der Waals surface area contributed by atoms with Crippen LogP contribution in [0.5, 0.6) is 0 Å². The molecule has 0 N–H and O–H groups in total. The number of quaternary nitrogens is 1. The largest absolute Gasteiger partial charge is 0.465 e. The molecule has 0 bridgehead atoms. The number of carbonyl (C=O) groups excluding carboxylic acids is 2. The fourth-order valence-electron chi connectivity index (χ4n) is 3.34. The molecule has 0 aliphatic heterocycles. The zero-order valence-corrected chi connectivity index (χ0v) is 16.3. The van der Waals surface area contributed by atoms with Crippen molar-refractivity contribution in [2.75, 3.05) is 39.4 Å². The second-order valence-electron chi connectivity index (χ2n) is 6.78. The van der Waals surface area contributed by atoms with Crippen LogP contribution >= 0.6 is 0 Å². The van der Waals surface area contributed by atoms with Crippen LogP contribution in [0.25, 0.3) is 0 Å². The van der Waals surface area contributed by atoms with Crippen molar-refractivity contribution in [1.29, 1.82) is 0 Å². The van der Waals surface area contributed by atoms with E-state index in [0.29, 0.717) is 25.2 Å². The number of hydrogen-bond donors (Lipinski definition) is 0. The molecule has 0 fully saturated rings. The van der Waals surface area contributed by atoms with E-state index in [1.165, 1.54) is 6.92 Å². The second-order valence-corrected chi connectivity index (χ2v) is 6.78. The van der Waals surface area contributed by atoms with E-state index >= 15 is 0 Å². The molecule has 1 unspecified atom stereocenters. The lowest BCUT2D eigenvalue weighted by Crippen LogP contribution is -2.51. The van der Waals surface area contributed by atoms with Gasteiger partial charge >= 0.3 is 11.9 Å². The predicted molar refractivity (Wildman–Crippen MR) is 98.9 cm³/mol. The van der Waals surface area contributed by atoms with Crippen molar-refractivity contribution in [2.24, 2.45) is 5.92 Å². The standard InChI is InChI=1S/C20H34NO4/c1-5-12-21(7-3,13-6-2)14-15-24-20(23)19-10-8-18(9-11-19)16-25-17(4)22/h8,10-11,18H,5-7,9,12-16H2,1-4H3/q+1. The molecule has 1 aliphatic carbocycles. The molecule has 0 saturated carbocycles. The molecule has 0 aromatic rings. The number of rotatable bonds is 11. The van der Waals surface area contributed by atoms with Crippen LogP contribution in [0, 0.1) is 5.92 Å². The van der Waals surface area contributed by atoms with Crippen LogP contribution < -0.4 is 0 Å². The van der Waals surface area contributed by atoms with Gasteiger partial charge in [-0.1, -0.05) is 32.1 Å². The van der Waals surface area contributed by atoms with E-state index in [4.69, 9.17) is 9.47 Å². The van der Waals surface area contributed by atoms with Gasteiger partial charge in [-0.05, 0) is 26.2 Å². The molecule has 0 saturated heterocycles. The van der Waals surface area contributed by atoms with E-state index in [-0.39, 0.29) is 17.9 Å². The van der Waals surface area contributed by atoms with Gasteiger partial charge in [0, 0.05) is 12.8 Å². The SMILES string of the molecule is CCC[N+](CC)(CCC)CCOC(=O)C1=CCC(COC(C)=O)C=C1. The Balaban J connectivity index is 2.44. The lowest BCUT2D eigenvalue weighted by atomic mass is 9.97.